The molecule has 0 bridgehead atoms. The van der Waals surface area contributed by atoms with Crippen LogP contribution in [0.1, 0.15) is 54.0 Å². The molecule has 2 aromatic rings. The maximum Gasteiger partial charge on any atom is 0.338 e. The Hall–Kier alpha value is -3.04. The monoisotopic (exact) mass is 486 g/mol. The van der Waals surface area contributed by atoms with Crippen molar-refractivity contribution in [2.75, 3.05) is 32.8 Å². The number of hydrogen-bond acceptors (Lipinski definition) is 6. The fourth-order valence-electron chi connectivity index (χ4n) is 3.63. The molecule has 182 valence electrons. The van der Waals surface area contributed by atoms with Crippen LogP contribution in [0.3, 0.4) is 0 Å². The molecule has 0 unspecified atom stereocenters. The Bertz CT molecular complexity index is 1170. The highest BCUT2D eigenvalue weighted by molar-refractivity contribution is 7.89. The molecular formula is C25H30N2O6S. The average molecular weight is 487 g/mol. The summed E-state index contributed by atoms with van der Waals surface area (Å²) in [6, 6.07) is 12.7. The Kier molecular flexibility index (Phi) is 7.57. The first-order chi connectivity index (χ1) is 15.9. The molecule has 8 nitrogen and oxygen atoms in total. The molecule has 2 aromatic carbocycles. The summed E-state index contributed by atoms with van der Waals surface area (Å²) < 4.78 is 32.5. The van der Waals surface area contributed by atoms with Gasteiger partial charge in [0.25, 0.3) is 0 Å². The number of Topliss-reactive ketones (excluding diaryl/α,β-unsaturated/α-hetero) is 1. The van der Waals surface area contributed by atoms with Crippen molar-refractivity contribution < 1.29 is 27.5 Å². The summed E-state index contributed by atoms with van der Waals surface area (Å²) in [7, 11) is -3.84. The Morgan fingerprint density at radius 1 is 0.912 bits per heavy atom. The summed E-state index contributed by atoms with van der Waals surface area (Å²) >= 11 is 0. The lowest BCUT2D eigenvalue weighted by Gasteiger charge is -2.33. The topological polar surface area (TPSA) is 101 Å². The smallest absolute Gasteiger partial charge is 0.338 e. The number of esters is 1. The Balaban J connectivity index is 1.64. The van der Waals surface area contributed by atoms with Gasteiger partial charge in [-0.15, -0.1) is 0 Å². The van der Waals surface area contributed by atoms with Gasteiger partial charge < -0.3 is 9.64 Å². The third-order valence-corrected chi connectivity index (χ3v) is 7.69. The van der Waals surface area contributed by atoms with Crippen LogP contribution in [0.25, 0.3) is 0 Å². The van der Waals surface area contributed by atoms with E-state index < -0.39 is 22.6 Å². The molecule has 0 aromatic heterocycles. The lowest BCUT2D eigenvalue weighted by atomic mass is 9.86. The van der Waals surface area contributed by atoms with E-state index in [1.807, 2.05) is 12.1 Å². The van der Waals surface area contributed by atoms with Crippen LogP contribution in [0.5, 0.6) is 0 Å². The van der Waals surface area contributed by atoms with Gasteiger partial charge in [-0.2, -0.15) is 4.31 Å². The number of benzene rings is 2. The average Bonchev–Trinajstić information content (AvgIpc) is 2.82. The van der Waals surface area contributed by atoms with Gasteiger partial charge in [-0.3, -0.25) is 9.59 Å². The molecule has 1 amide bonds. The molecule has 1 heterocycles. The van der Waals surface area contributed by atoms with Gasteiger partial charge in [-0.25, -0.2) is 13.2 Å². The van der Waals surface area contributed by atoms with Gasteiger partial charge in [0.2, 0.25) is 15.9 Å². The summed E-state index contributed by atoms with van der Waals surface area (Å²) in [4.78, 5) is 38.0. The lowest BCUT2D eigenvalue weighted by Crippen LogP contribution is -2.49. The van der Waals surface area contributed by atoms with E-state index in [2.05, 4.69) is 20.8 Å². The fraction of sp³-hybridized carbons (Fsp3) is 0.400. The number of ketones is 1. The van der Waals surface area contributed by atoms with Crippen LogP contribution in [-0.2, 0) is 25.0 Å². The second kappa shape index (κ2) is 10.1. The zero-order valence-electron chi connectivity index (χ0n) is 19.9. The molecule has 3 rings (SSSR count). The number of hydrogen-bond donors (Lipinski definition) is 0. The third kappa shape index (κ3) is 5.90. The minimum absolute atomic E-state index is 0.0395. The van der Waals surface area contributed by atoms with E-state index in [0.717, 1.165) is 5.56 Å². The first-order valence-electron chi connectivity index (χ1n) is 11.1. The molecule has 1 saturated heterocycles. The minimum Gasteiger partial charge on any atom is -0.454 e. The predicted molar refractivity (Wildman–Crippen MR) is 127 cm³/mol. The Labute approximate surface area is 200 Å². The number of sulfonamides is 1. The van der Waals surface area contributed by atoms with Crippen molar-refractivity contribution in [3.05, 3.63) is 65.2 Å². The first kappa shape index (κ1) is 25.6. The quantitative estimate of drug-likeness (QED) is 0.460. The number of ether oxygens (including phenoxy) is 1. The van der Waals surface area contributed by atoms with Crippen LogP contribution in [0.2, 0.25) is 0 Å². The summed E-state index contributed by atoms with van der Waals surface area (Å²) in [5.41, 5.74) is 1.52. The molecule has 0 radical (unpaired) electrons. The molecule has 1 aliphatic heterocycles. The van der Waals surface area contributed by atoms with Gasteiger partial charge >= 0.3 is 5.97 Å². The molecule has 0 atom stereocenters. The van der Waals surface area contributed by atoms with Gasteiger partial charge in [0, 0.05) is 38.7 Å². The van der Waals surface area contributed by atoms with Gasteiger partial charge in [0.05, 0.1) is 10.5 Å². The number of carbonyl (C=O) groups is 3. The molecule has 0 spiro atoms. The summed E-state index contributed by atoms with van der Waals surface area (Å²) in [5, 5.41) is 0. The Morgan fingerprint density at radius 3 is 2.09 bits per heavy atom. The summed E-state index contributed by atoms with van der Waals surface area (Å²) in [6.45, 7) is 8.22. The third-order valence-electron chi connectivity index (χ3n) is 5.80. The van der Waals surface area contributed by atoms with Gasteiger partial charge in [0.1, 0.15) is 0 Å². The van der Waals surface area contributed by atoms with Crippen LogP contribution in [0.15, 0.2) is 53.4 Å². The predicted octanol–water partition coefficient (Wildman–Crippen LogP) is 2.88. The van der Waals surface area contributed by atoms with E-state index in [4.69, 9.17) is 4.74 Å². The van der Waals surface area contributed by atoms with Crippen LogP contribution in [-0.4, -0.2) is 68.1 Å². The SMILES string of the molecule is CC(=O)N1CCN(S(=O)(=O)c2cccc(C(=O)OCC(=O)c3ccc(C(C)(C)C)cc3)c2)CC1. The van der Waals surface area contributed by atoms with E-state index in [-0.39, 0.29) is 40.7 Å². The normalized spacial score (nSPS) is 15.1. The molecule has 0 saturated carbocycles. The minimum atomic E-state index is -3.84. The van der Waals surface area contributed by atoms with Crippen LogP contribution >= 0.6 is 0 Å². The second-order valence-corrected chi connectivity index (χ2v) is 11.2. The van der Waals surface area contributed by atoms with Gasteiger partial charge in [0.15, 0.2) is 12.4 Å². The second-order valence-electron chi connectivity index (χ2n) is 9.26. The summed E-state index contributed by atoms with van der Waals surface area (Å²) in [5.74, 6) is -1.22. The number of carbonyl (C=O) groups excluding carboxylic acids is 3. The largest absolute Gasteiger partial charge is 0.454 e. The van der Waals surface area contributed by atoms with Crippen molar-refractivity contribution in [1.29, 1.82) is 0 Å². The van der Waals surface area contributed by atoms with Crippen LogP contribution in [0, 0.1) is 0 Å². The Morgan fingerprint density at radius 2 is 1.53 bits per heavy atom. The van der Waals surface area contributed by atoms with E-state index >= 15 is 0 Å². The fourth-order valence-corrected chi connectivity index (χ4v) is 5.10. The number of nitrogens with zero attached hydrogens (tertiary/aromatic N) is 2. The van der Waals surface area contributed by atoms with Crippen molar-refractivity contribution in [2.24, 2.45) is 0 Å². The van der Waals surface area contributed by atoms with Gasteiger partial charge in [-0.05, 0) is 29.2 Å². The zero-order chi connectivity index (χ0) is 25.1. The maximum atomic E-state index is 13.0. The van der Waals surface area contributed by atoms with Crippen molar-refractivity contribution >= 4 is 27.7 Å². The zero-order valence-corrected chi connectivity index (χ0v) is 20.7. The number of piperazine rings is 1. The van der Waals surface area contributed by atoms with Crippen molar-refractivity contribution in [3.63, 3.8) is 0 Å². The standard InChI is InChI=1S/C25H30N2O6S/c1-18(28)26-12-14-27(15-13-26)34(31,32)22-7-5-6-20(16-22)24(30)33-17-23(29)19-8-10-21(11-9-19)25(2,3)4/h5-11,16H,12-15,17H2,1-4H3. The lowest BCUT2D eigenvalue weighted by molar-refractivity contribution is -0.129. The molecule has 1 fully saturated rings. The van der Waals surface area contributed by atoms with E-state index in [0.29, 0.717) is 18.7 Å². The molecular weight excluding hydrogens is 456 g/mol. The highest BCUT2D eigenvalue weighted by Crippen LogP contribution is 2.23. The van der Waals surface area contributed by atoms with Crippen molar-refractivity contribution in [2.45, 2.75) is 38.0 Å². The molecule has 0 aliphatic carbocycles. The molecule has 0 N–H and O–H groups in total. The molecule has 1 aliphatic rings. The molecule has 34 heavy (non-hydrogen) atoms. The maximum absolute atomic E-state index is 13.0. The van der Waals surface area contributed by atoms with Crippen LogP contribution < -0.4 is 0 Å². The molecule has 9 heteroatoms. The highest BCUT2D eigenvalue weighted by atomic mass is 32.2. The van der Waals surface area contributed by atoms with E-state index in [9.17, 15) is 22.8 Å². The van der Waals surface area contributed by atoms with Gasteiger partial charge in [-0.1, -0.05) is 51.1 Å². The number of amides is 1. The highest BCUT2D eigenvalue weighted by Gasteiger charge is 2.29. The first-order valence-corrected chi connectivity index (χ1v) is 12.5. The summed E-state index contributed by atoms with van der Waals surface area (Å²) in [6.07, 6.45) is 0. The van der Waals surface area contributed by atoms with Crippen molar-refractivity contribution in [1.82, 2.24) is 9.21 Å². The van der Waals surface area contributed by atoms with E-state index in [1.165, 1.54) is 35.5 Å². The number of rotatable bonds is 6. The van der Waals surface area contributed by atoms with Crippen molar-refractivity contribution in [3.8, 4) is 0 Å². The van der Waals surface area contributed by atoms with Crippen LogP contribution in [0.4, 0.5) is 0 Å². The van der Waals surface area contributed by atoms with E-state index in [1.54, 1.807) is 17.0 Å².